The van der Waals surface area contributed by atoms with Crippen LogP contribution in [-0.2, 0) is 22.1 Å². The number of carbonyl (C=O) groups excluding carboxylic acids is 2. The molecular weight excluding hydrogens is 484 g/mol. The van der Waals surface area contributed by atoms with E-state index >= 15 is 0 Å². The number of imidazole rings is 1. The molecule has 1 fully saturated rings. The van der Waals surface area contributed by atoms with E-state index < -0.39 is 30.1 Å². The average molecular weight is 501 g/mol. The minimum atomic E-state index is -4.81. The first-order valence-corrected chi connectivity index (χ1v) is 10.6. The number of nitrogens with zero attached hydrogens (tertiary/aromatic N) is 3. The molecule has 0 aliphatic carbocycles. The van der Waals surface area contributed by atoms with Gasteiger partial charge in [0.2, 0.25) is 5.91 Å². The predicted octanol–water partition coefficient (Wildman–Crippen LogP) is 4.31. The molecule has 0 bridgehead atoms. The van der Waals surface area contributed by atoms with Crippen molar-refractivity contribution in [2.75, 3.05) is 31.6 Å². The van der Waals surface area contributed by atoms with Gasteiger partial charge in [0.1, 0.15) is 0 Å². The molecule has 0 atom stereocenters. The summed E-state index contributed by atoms with van der Waals surface area (Å²) in [4.78, 5) is 30.6. The smallest absolute Gasteiger partial charge is 0.378 e. The number of ether oxygens (including phenoxy) is 1. The van der Waals surface area contributed by atoms with Crippen LogP contribution in [0.3, 0.4) is 0 Å². The van der Waals surface area contributed by atoms with Gasteiger partial charge in [0.15, 0.2) is 11.3 Å². The first kappa shape index (κ1) is 23.3. The van der Waals surface area contributed by atoms with Gasteiger partial charge in [-0.2, -0.15) is 13.2 Å². The number of alkyl halides is 3. The van der Waals surface area contributed by atoms with E-state index in [1.807, 2.05) is 0 Å². The Kier molecular flexibility index (Phi) is 6.51. The molecule has 174 valence electrons. The zero-order valence-electron chi connectivity index (χ0n) is 17.0. The monoisotopic (exact) mass is 500 g/mol. The molecule has 1 aliphatic rings. The number of hydrogen-bond acceptors (Lipinski definition) is 4. The molecule has 0 spiro atoms. The highest BCUT2D eigenvalue weighted by Gasteiger charge is 2.39. The molecule has 12 heteroatoms. The number of carbonyl (C=O) groups is 2. The van der Waals surface area contributed by atoms with E-state index in [0.717, 1.165) is 4.40 Å². The summed E-state index contributed by atoms with van der Waals surface area (Å²) in [6, 6.07) is 7.34. The lowest BCUT2D eigenvalue weighted by atomic mass is 10.2. The maximum Gasteiger partial charge on any atom is 0.435 e. The third-order valence-corrected chi connectivity index (χ3v) is 5.77. The average Bonchev–Trinajstić information content (AvgIpc) is 3.14. The standard InChI is InChI=1S/C21H17Cl2F3N4O3/c22-12-3-1-4-13(23)17(12)20(32)27-14-5-2-6-30-15(18(21(24,25)26)28-19(14)30)11-16(31)29-7-9-33-10-8-29/h1-6H,7-11H2,(H,27,32). The molecule has 0 unspecified atom stereocenters. The zero-order chi connectivity index (χ0) is 23.8. The fourth-order valence-electron chi connectivity index (χ4n) is 3.58. The fourth-order valence-corrected chi connectivity index (χ4v) is 4.15. The fraction of sp³-hybridized carbons (Fsp3) is 0.286. The molecule has 1 aromatic carbocycles. The third kappa shape index (κ3) is 4.78. The highest BCUT2D eigenvalue weighted by atomic mass is 35.5. The summed E-state index contributed by atoms with van der Waals surface area (Å²) in [6.07, 6.45) is -3.96. The number of amides is 2. The molecule has 2 amide bonds. The molecule has 1 saturated heterocycles. The van der Waals surface area contributed by atoms with Crippen LogP contribution >= 0.6 is 23.2 Å². The van der Waals surface area contributed by atoms with E-state index in [1.165, 1.54) is 35.4 Å². The van der Waals surface area contributed by atoms with Crippen LogP contribution < -0.4 is 5.32 Å². The Labute approximate surface area is 196 Å². The van der Waals surface area contributed by atoms with Crippen LogP contribution in [-0.4, -0.2) is 52.4 Å². The van der Waals surface area contributed by atoms with Gasteiger partial charge in [-0.1, -0.05) is 29.3 Å². The summed E-state index contributed by atoms with van der Waals surface area (Å²) in [5.41, 5.74) is -1.68. The van der Waals surface area contributed by atoms with Crippen molar-refractivity contribution in [2.24, 2.45) is 0 Å². The van der Waals surface area contributed by atoms with E-state index in [1.54, 1.807) is 6.07 Å². The number of pyridine rings is 1. The van der Waals surface area contributed by atoms with Gasteiger partial charge in [0, 0.05) is 19.3 Å². The van der Waals surface area contributed by atoms with E-state index in [4.69, 9.17) is 27.9 Å². The van der Waals surface area contributed by atoms with Crippen LogP contribution in [0.4, 0.5) is 18.9 Å². The van der Waals surface area contributed by atoms with E-state index in [-0.39, 0.29) is 32.6 Å². The van der Waals surface area contributed by atoms with E-state index in [0.29, 0.717) is 26.3 Å². The van der Waals surface area contributed by atoms with Crippen molar-refractivity contribution in [3.8, 4) is 0 Å². The Morgan fingerprint density at radius 3 is 2.39 bits per heavy atom. The van der Waals surface area contributed by atoms with Crippen molar-refractivity contribution in [3.05, 3.63) is 63.5 Å². The largest absolute Gasteiger partial charge is 0.435 e. The number of benzene rings is 1. The van der Waals surface area contributed by atoms with E-state index in [9.17, 15) is 22.8 Å². The lowest BCUT2D eigenvalue weighted by Crippen LogP contribution is -2.41. The number of hydrogen-bond donors (Lipinski definition) is 1. The van der Waals surface area contributed by atoms with Crippen molar-refractivity contribution < 1.29 is 27.5 Å². The van der Waals surface area contributed by atoms with Gasteiger partial charge in [-0.15, -0.1) is 0 Å². The number of fused-ring (bicyclic) bond motifs is 1. The number of rotatable bonds is 4. The first-order chi connectivity index (χ1) is 15.7. The second kappa shape index (κ2) is 9.20. The lowest BCUT2D eigenvalue weighted by molar-refractivity contribution is -0.142. The molecule has 4 rings (SSSR count). The third-order valence-electron chi connectivity index (χ3n) is 5.14. The quantitative estimate of drug-likeness (QED) is 0.578. The van der Waals surface area contributed by atoms with Gasteiger partial charge in [-0.25, -0.2) is 4.98 Å². The number of morpholine rings is 1. The SMILES string of the molecule is O=C(Nc1cccn2c(CC(=O)N3CCOCC3)c(C(F)(F)F)nc12)c1c(Cl)cccc1Cl. The Hall–Kier alpha value is -2.82. The normalized spacial score (nSPS) is 14.5. The molecule has 33 heavy (non-hydrogen) atoms. The topological polar surface area (TPSA) is 75.9 Å². The van der Waals surface area contributed by atoms with Gasteiger partial charge < -0.3 is 19.4 Å². The highest BCUT2D eigenvalue weighted by Crippen LogP contribution is 2.34. The molecule has 0 saturated carbocycles. The summed E-state index contributed by atoms with van der Waals surface area (Å²) in [5.74, 6) is -1.18. The van der Waals surface area contributed by atoms with Crippen LogP contribution in [0.25, 0.3) is 5.65 Å². The maximum atomic E-state index is 13.8. The van der Waals surface area contributed by atoms with Gasteiger partial charge >= 0.3 is 6.18 Å². The summed E-state index contributed by atoms with van der Waals surface area (Å²) < 4.78 is 47.8. The van der Waals surface area contributed by atoms with Gasteiger partial charge in [0.05, 0.1) is 46.6 Å². The van der Waals surface area contributed by atoms with Crippen molar-refractivity contribution >= 4 is 46.4 Å². The minimum absolute atomic E-state index is 0.00839. The van der Waals surface area contributed by atoms with Crippen molar-refractivity contribution in [2.45, 2.75) is 12.6 Å². The van der Waals surface area contributed by atoms with Gasteiger partial charge in [-0.3, -0.25) is 9.59 Å². The number of aromatic nitrogens is 2. The zero-order valence-corrected chi connectivity index (χ0v) is 18.5. The lowest BCUT2D eigenvalue weighted by Gasteiger charge is -2.27. The van der Waals surface area contributed by atoms with E-state index in [2.05, 4.69) is 10.3 Å². The molecule has 7 nitrogen and oxygen atoms in total. The van der Waals surface area contributed by atoms with Gasteiger partial charge in [0.25, 0.3) is 5.91 Å². The van der Waals surface area contributed by atoms with Crippen LogP contribution in [0.15, 0.2) is 36.5 Å². The summed E-state index contributed by atoms with van der Waals surface area (Å²) in [6.45, 7) is 1.26. The molecule has 1 aliphatic heterocycles. The maximum absolute atomic E-state index is 13.8. The summed E-state index contributed by atoms with van der Waals surface area (Å²) in [5, 5.41) is 2.69. The Balaban J connectivity index is 1.73. The highest BCUT2D eigenvalue weighted by molar-refractivity contribution is 6.40. The van der Waals surface area contributed by atoms with Crippen molar-refractivity contribution in [3.63, 3.8) is 0 Å². The van der Waals surface area contributed by atoms with Crippen LogP contribution in [0.1, 0.15) is 21.7 Å². The Morgan fingerprint density at radius 1 is 1.09 bits per heavy atom. The molecule has 0 radical (unpaired) electrons. The number of nitrogens with one attached hydrogen (secondary N) is 1. The molecule has 1 N–H and O–H groups in total. The van der Waals surface area contributed by atoms with Crippen LogP contribution in [0.2, 0.25) is 10.0 Å². The van der Waals surface area contributed by atoms with Crippen molar-refractivity contribution in [1.29, 1.82) is 0 Å². The molecule has 3 heterocycles. The minimum Gasteiger partial charge on any atom is -0.378 e. The summed E-state index contributed by atoms with van der Waals surface area (Å²) in [7, 11) is 0. The molecule has 2 aromatic heterocycles. The number of anilines is 1. The van der Waals surface area contributed by atoms with Crippen molar-refractivity contribution in [1.82, 2.24) is 14.3 Å². The van der Waals surface area contributed by atoms with Gasteiger partial charge in [-0.05, 0) is 24.3 Å². The second-order valence-corrected chi connectivity index (χ2v) is 8.06. The Morgan fingerprint density at radius 2 is 1.76 bits per heavy atom. The molecule has 3 aromatic rings. The first-order valence-electron chi connectivity index (χ1n) is 9.85. The van der Waals surface area contributed by atoms with Crippen LogP contribution in [0.5, 0.6) is 0 Å². The summed E-state index contributed by atoms with van der Waals surface area (Å²) >= 11 is 12.1. The second-order valence-electron chi connectivity index (χ2n) is 7.24. The van der Waals surface area contributed by atoms with Crippen LogP contribution in [0, 0.1) is 0 Å². The molecular formula is C21H17Cl2F3N4O3. The number of halogens is 5. The predicted molar refractivity (Wildman–Crippen MR) is 116 cm³/mol. The Bertz CT molecular complexity index is 1200.